The molecule has 0 saturated heterocycles. The van der Waals surface area contributed by atoms with Crippen LogP contribution in [-0.4, -0.2) is 12.7 Å². The third kappa shape index (κ3) is 5.29. The van der Waals surface area contributed by atoms with E-state index >= 15 is 0 Å². The lowest BCUT2D eigenvalue weighted by Crippen LogP contribution is -2.21. The quantitative estimate of drug-likeness (QED) is 0.454. The SMILES string of the molecule is C=CCCc1ccc(-c2ccc(C3CCC(OCCC)CC3)cc2F)cc1. The highest BCUT2D eigenvalue weighted by atomic mass is 19.1. The van der Waals surface area contributed by atoms with E-state index in [0.717, 1.165) is 62.7 Å². The van der Waals surface area contributed by atoms with Crippen LogP contribution in [0.3, 0.4) is 0 Å². The maximum Gasteiger partial charge on any atom is 0.131 e. The molecule has 144 valence electrons. The zero-order chi connectivity index (χ0) is 19.1. The van der Waals surface area contributed by atoms with Crippen LogP contribution in [0.4, 0.5) is 4.39 Å². The summed E-state index contributed by atoms with van der Waals surface area (Å²) in [6, 6.07) is 14.0. The van der Waals surface area contributed by atoms with Crippen LogP contribution in [0.2, 0.25) is 0 Å². The second-order valence-corrected chi connectivity index (χ2v) is 7.61. The predicted molar refractivity (Wildman–Crippen MR) is 112 cm³/mol. The zero-order valence-electron chi connectivity index (χ0n) is 16.4. The van der Waals surface area contributed by atoms with E-state index in [4.69, 9.17) is 4.74 Å². The van der Waals surface area contributed by atoms with Gasteiger partial charge in [-0.15, -0.1) is 6.58 Å². The molecule has 1 nitrogen and oxygen atoms in total. The Hall–Kier alpha value is -1.93. The van der Waals surface area contributed by atoms with Crippen molar-refractivity contribution in [3.63, 3.8) is 0 Å². The van der Waals surface area contributed by atoms with E-state index in [1.54, 1.807) is 6.07 Å². The lowest BCUT2D eigenvalue weighted by Gasteiger charge is -2.29. The van der Waals surface area contributed by atoms with E-state index < -0.39 is 0 Å². The van der Waals surface area contributed by atoms with Crippen LogP contribution in [-0.2, 0) is 11.2 Å². The smallest absolute Gasteiger partial charge is 0.131 e. The number of ether oxygens (including phenoxy) is 1. The summed E-state index contributed by atoms with van der Waals surface area (Å²) in [6.45, 7) is 6.76. The maximum absolute atomic E-state index is 14.8. The van der Waals surface area contributed by atoms with Gasteiger partial charge in [0.25, 0.3) is 0 Å². The van der Waals surface area contributed by atoms with Crippen LogP contribution in [0.25, 0.3) is 11.1 Å². The molecule has 2 aromatic carbocycles. The van der Waals surface area contributed by atoms with Crippen LogP contribution in [0.1, 0.15) is 62.5 Å². The van der Waals surface area contributed by atoms with E-state index in [9.17, 15) is 4.39 Å². The van der Waals surface area contributed by atoms with Gasteiger partial charge in [0.05, 0.1) is 6.10 Å². The predicted octanol–water partition coefficient (Wildman–Crippen LogP) is 7.06. The molecule has 1 aliphatic carbocycles. The molecular weight excluding hydrogens is 335 g/mol. The van der Waals surface area contributed by atoms with Gasteiger partial charge in [-0.25, -0.2) is 4.39 Å². The molecule has 27 heavy (non-hydrogen) atoms. The van der Waals surface area contributed by atoms with Gasteiger partial charge in [0, 0.05) is 12.2 Å². The molecule has 0 unspecified atom stereocenters. The molecule has 1 saturated carbocycles. The van der Waals surface area contributed by atoms with Crippen molar-refractivity contribution in [2.24, 2.45) is 0 Å². The largest absolute Gasteiger partial charge is 0.378 e. The molecule has 0 bridgehead atoms. The summed E-state index contributed by atoms with van der Waals surface area (Å²) < 4.78 is 20.7. The molecule has 0 radical (unpaired) electrons. The Bertz CT molecular complexity index is 726. The van der Waals surface area contributed by atoms with Gasteiger partial charge in [-0.05, 0) is 73.6 Å². The monoisotopic (exact) mass is 366 g/mol. The molecule has 3 rings (SSSR count). The molecule has 1 aliphatic rings. The van der Waals surface area contributed by atoms with Gasteiger partial charge in [-0.2, -0.15) is 0 Å². The number of benzene rings is 2. The topological polar surface area (TPSA) is 9.23 Å². The molecule has 0 aromatic heterocycles. The van der Waals surface area contributed by atoms with Crippen LogP contribution in [0.15, 0.2) is 55.1 Å². The van der Waals surface area contributed by atoms with Crippen LogP contribution in [0, 0.1) is 5.82 Å². The lowest BCUT2D eigenvalue weighted by atomic mass is 9.82. The van der Waals surface area contributed by atoms with E-state index in [2.05, 4.69) is 31.7 Å². The molecule has 0 atom stereocenters. The molecule has 0 spiro atoms. The molecule has 2 heteroatoms. The van der Waals surface area contributed by atoms with Gasteiger partial charge < -0.3 is 4.74 Å². The molecular formula is C25H31FO. The number of halogens is 1. The van der Waals surface area contributed by atoms with Crippen molar-refractivity contribution >= 4 is 0 Å². The lowest BCUT2D eigenvalue weighted by molar-refractivity contribution is 0.0251. The average Bonchev–Trinajstić information content (AvgIpc) is 2.71. The van der Waals surface area contributed by atoms with E-state index in [1.807, 2.05) is 24.3 Å². The molecule has 0 N–H and O–H groups in total. The normalized spacial score (nSPS) is 19.8. The zero-order valence-corrected chi connectivity index (χ0v) is 16.4. The van der Waals surface area contributed by atoms with Gasteiger partial charge in [0.15, 0.2) is 0 Å². The van der Waals surface area contributed by atoms with Gasteiger partial charge in [0.2, 0.25) is 0 Å². The summed E-state index contributed by atoms with van der Waals surface area (Å²) in [5.74, 6) is 0.340. The van der Waals surface area contributed by atoms with Crippen molar-refractivity contribution in [2.45, 2.75) is 63.9 Å². The Balaban J connectivity index is 1.65. The van der Waals surface area contributed by atoms with Crippen molar-refractivity contribution in [1.29, 1.82) is 0 Å². The Morgan fingerprint density at radius 1 is 1.07 bits per heavy atom. The van der Waals surface area contributed by atoms with Gasteiger partial charge in [-0.1, -0.05) is 49.4 Å². The van der Waals surface area contributed by atoms with E-state index in [1.165, 1.54) is 5.56 Å². The number of hydrogen-bond donors (Lipinski definition) is 0. The third-order valence-electron chi connectivity index (χ3n) is 5.60. The minimum atomic E-state index is -0.115. The van der Waals surface area contributed by atoms with Crippen molar-refractivity contribution in [3.05, 3.63) is 72.1 Å². The van der Waals surface area contributed by atoms with Gasteiger partial charge in [0.1, 0.15) is 5.82 Å². The maximum atomic E-state index is 14.8. The van der Waals surface area contributed by atoms with Crippen molar-refractivity contribution < 1.29 is 9.13 Å². The van der Waals surface area contributed by atoms with Crippen LogP contribution >= 0.6 is 0 Å². The van der Waals surface area contributed by atoms with E-state index in [0.29, 0.717) is 17.6 Å². The fourth-order valence-electron chi connectivity index (χ4n) is 3.99. The first kappa shape index (κ1) is 19.8. The molecule has 0 heterocycles. The number of hydrogen-bond acceptors (Lipinski definition) is 1. The summed E-state index contributed by atoms with van der Waals surface area (Å²) in [5.41, 5.74) is 4.03. The number of allylic oxidation sites excluding steroid dienone is 1. The van der Waals surface area contributed by atoms with Crippen molar-refractivity contribution in [3.8, 4) is 11.1 Å². The van der Waals surface area contributed by atoms with Crippen molar-refractivity contribution in [1.82, 2.24) is 0 Å². The minimum absolute atomic E-state index is 0.115. The fourth-order valence-corrected chi connectivity index (χ4v) is 3.99. The highest BCUT2D eigenvalue weighted by Gasteiger charge is 2.23. The van der Waals surface area contributed by atoms with Crippen LogP contribution < -0.4 is 0 Å². The summed E-state index contributed by atoms with van der Waals surface area (Å²) in [7, 11) is 0. The first-order valence-electron chi connectivity index (χ1n) is 10.3. The van der Waals surface area contributed by atoms with Crippen molar-refractivity contribution in [2.75, 3.05) is 6.61 Å². The second kappa shape index (κ2) is 9.85. The van der Waals surface area contributed by atoms with Gasteiger partial charge in [-0.3, -0.25) is 0 Å². The average molecular weight is 367 g/mol. The molecule has 2 aromatic rings. The summed E-state index contributed by atoms with van der Waals surface area (Å²) in [6.07, 6.45) is 9.68. The summed E-state index contributed by atoms with van der Waals surface area (Å²) in [5, 5.41) is 0. The summed E-state index contributed by atoms with van der Waals surface area (Å²) in [4.78, 5) is 0. The second-order valence-electron chi connectivity index (χ2n) is 7.61. The Morgan fingerprint density at radius 3 is 2.44 bits per heavy atom. The fraction of sp³-hybridized carbons (Fsp3) is 0.440. The first-order valence-corrected chi connectivity index (χ1v) is 10.3. The van der Waals surface area contributed by atoms with Crippen LogP contribution in [0.5, 0.6) is 0 Å². The molecule has 1 fully saturated rings. The molecule has 0 amide bonds. The Kier molecular flexibility index (Phi) is 7.23. The highest BCUT2D eigenvalue weighted by molar-refractivity contribution is 5.65. The highest BCUT2D eigenvalue weighted by Crippen LogP contribution is 2.36. The Labute approximate surface area is 163 Å². The summed E-state index contributed by atoms with van der Waals surface area (Å²) >= 11 is 0. The minimum Gasteiger partial charge on any atom is -0.378 e. The third-order valence-corrected chi connectivity index (χ3v) is 5.60. The Morgan fingerprint density at radius 2 is 1.81 bits per heavy atom. The molecule has 0 aliphatic heterocycles. The number of rotatable bonds is 8. The standard InChI is InChI=1S/C25H31FO/c1-3-5-6-19-7-9-21(10-8-19)24-16-13-22(18-25(24)26)20-11-14-23(15-12-20)27-17-4-2/h3,7-10,13,16,18,20,23H,1,4-6,11-12,14-15,17H2,2H3. The van der Waals surface area contributed by atoms with E-state index in [-0.39, 0.29) is 5.82 Å². The first-order chi connectivity index (χ1) is 13.2. The van der Waals surface area contributed by atoms with Gasteiger partial charge >= 0.3 is 0 Å². The number of aryl methyl sites for hydroxylation is 1.